The van der Waals surface area contributed by atoms with Gasteiger partial charge in [0.1, 0.15) is 0 Å². The van der Waals surface area contributed by atoms with Gasteiger partial charge in [-0.2, -0.15) is 20.1 Å². The van der Waals surface area contributed by atoms with Gasteiger partial charge >= 0.3 is 0 Å². The Bertz CT molecular complexity index is 484. The van der Waals surface area contributed by atoms with E-state index < -0.39 is 0 Å². The van der Waals surface area contributed by atoms with Crippen molar-refractivity contribution in [2.75, 3.05) is 0 Å². The van der Waals surface area contributed by atoms with Gasteiger partial charge in [-0.1, -0.05) is 0 Å². The summed E-state index contributed by atoms with van der Waals surface area (Å²) >= 11 is 0. The van der Waals surface area contributed by atoms with Gasteiger partial charge in [-0.25, -0.2) is 0 Å². The van der Waals surface area contributed by atoms with Gasteiger partial charge in [0.25, 0.3) is 0 Å². The first kappa shape index (κ1) is 9.57. The highest BCUT2D eigenvalue weighted by atomic mass is 16.1. The zero-order valence-corrected chi connectivity index (χ0v) is 8.58. The quantitative estimate of drug-likeness (QED) is 0.660. The zero-order chi connectivity index (χ0) is 10.8. The summed E-state index contributed by atoms with van der Waals surface area (Å²) in [5.74, 6) is 0.00333. The van der Waals surface area contributed by atoms with Crippen molar-refractivity contribution in [3.8, 4) is 0 Å². The van der Waals surface area contributed by atoms with Gasteiger partial charge in [0.05, 0.1) is 30.1 Å². The number of ketones is 1. The molecule has 0 amide bonds. The summed E-state index contributed by atoms with van der Waals surface area (Å²) in [6.07, 6.45) is 5.10. The maximum absolute atomic E-state index is 11.7. The predicted octanol–water partition coefficient (Wildman–Crippen LogP) is -0.0260. The number of aromatic nitrogens is 5. The van der Waals surface area contributed by atoms with Crippen LogP contribution in [0.2, 0.25) is 0 Å². The summed E-state index contributed by atoms with van der Waals surface area (Å²) < 4.78 is 1.60. The van der Waals surface area contributed by atoms with Crippen LogP contribution >= 0.6 is 0 Å². The van der Waals surface area contributed by atoms with Crippen molar-refractivity contribution in [1.82, 2.24) is 24.8 Å². The second-order valence-electron chi connectivity index (χ2n) is 3.33. The molecule has 0 radical (unpaired) electrons. The molecule has 0 saturated carbocycles. The van der Waals surface area contributed by atoms with E-state index in [9.17, 15) is 4.79 Å². The third-order valence-corrected chi connectivity index (χ3v) is 2.02. The maximum atomic E-state index is 11.7. The molecule has 2 rings (SSSR count). The van der Waals surface area contributed by atoms with Gasteiger partial charge < -0.3 is 0 Å². The summed E-state index contributed by atoms with van der Waals surface area (Å²) in [7, 11) is 3.50. The van der Waals surface area contributed by atoms with Crippen LogP contribution < -0.4 is 0 Å². The van der Waals surface area contributed by atoms with Crippen molar-refractivity contribution < 1.29 is 4.79 Å². The number of aryl methyl sites for hydroxylation is 2. The Hall–Kier alpha value is -1.98. The van der Waals surface area contributed by atoms with E-state index in [4.69, 9.17) is 0 Å². The molecule has 0 aliphatic heterocycles. The lowest BCUT2D eigenvalue weighted by Gasteiger charge is -1.92. The average Bonchev–Trinajstić information content (AvgIpc) is 2.75. The molecule has 0 spiro atoms. The number of rotatable bonds is 3. The molecule has 0 aromatic carbocycles. The van der Waals surface area contributed by atoms with Crippen molar-refractivity contribution >= 4 is 5.78 Å². The van der Waals surface area contributed by atoms with Crippen LogP contribution in [0.4, 0.5) is 0 Å². The van der Waals surface area contributed by atoms with Gasteiger partial charge in [-0.3, -0.25) is 9.48 Å². The topological polar surface area (TPSA) is 65.6 Å². The highest BCUT2D eigenvalue weighted by Gasteiger charge is 2.10. The fraction of sp³-hybridized carbons (Fsp3) is 0.333. The van der Waals surface area contributed by atoms with E-state index in [0.29, 0.717) is 11.3 Å². The Morgan fingerprint density at radius 1 is 1.33 bits per heavy atom. The summed E-state index contributed by atoms with van der Waals surface area (Å²) in [6, 6.07) is 0. The number of nitrogens with zero attached hydrogens (tertiary/aromatic N) is 5. The molecular weight excluding hydrogens is 194 g/mol. The molecule has 0 aliphatic carbocycles. The fourth-order valence-electron chi connectivity index (χ4n) is 1.30. The molecule has 0 bridgehead atoms. The van der Waals surface area contributed by atoms with Gasteiger partial charge in [0.2, 0.25) is 0 Å². The first-order valence-corrected chi connectivity index (χ1v) is 4.52. The van der Waals surface area contributed by atoms with E-state index in [1.807, 2.05) is 0 Å². The number of carbonyl (C=O) groups excluding carboxylic acids is 1. The minimum absolute atomic E-state index is 0.00333. The molecule has 0 saturated heterocycles. The number of carbonyl (C=O) groups is 1. The van der Waals surface area contributed by atoms with Gasteiger partial charge in [0.15, 0.2) is 5.78 Å². The largest absolute Gasteiger partial charge is 0.294 e. The van der Waals surface area contributed by atoms with Crippen molar-refractivity contribution in [1.29, 1.82) is 0 Å². The number of hydrogen-bond donors (Lipinski definition) is 0. The van der Waals surface area contributed by atoms with Crippen LogP contribution in [0.25, 0.3) is 0 Å². The predicted molar refractivity (Wildman–Crippen MR) is 52.2 cm³/mol. The van der Waals surface area contributed by atoms with Crippen LogP contribution in [0.5, 0.6) is 0 Å². The van der Waals surface area contributed by atoms with E-state index in [0.717, 1.165) is 0 Å². The van der Waals surface area contributed by atoms with E-state index in [-0.39, 0.29) is 12.2 Å². The minimum atomic E-state index is 0.00333. The van der Waals surface area contributed by atoms with Crippen LogP contribution in [0, 0.1) is 0 Å². The SMILES string of the molecule is Cn1cc(C(=O)Cc2cnn(C)n2)cn1. The fourth-order valence-corrected chi connectivity index (χ4v) is 1.30. The third kappa shape index (κ3) is 2.09. The minimum Gasteiger partial charge on any atom is -0.294 e. The van der Waals surface area contributed by atoms with Gasteiger partial charge in [-0.15, -0.1) is 0 Å². The van der Waals surface area contributed by atoms with Crippen LogP contribution in [0.1, 0.15) is 16.1 Å². The molecule has 0 N–H and O–H groups in total. The molecule has 6 heteroatoms. The Morgan fingerprint density at radius 2 is 2.13 bits per heavy atom. The Labute approximate surface area is 86.5 Å². The highest BCUT2D eigenvalue weighted by Crippen LogP contribution is 2.03. The molecule has 0 fully saturated rings. The average molecular weight is 205 g/mol. The first-order valence-electron chi connectivity index (χ1n) is 4.52. The zero-order valence-electron chi connectivity index (χ0n) is 8.58. The van der Waals surface area contributed by atoms with Crippen molar-refractivity contribution in [3.63, 3.8) is 0 Å². The molecule has 78 valence electrons. The van der Waals surface area contributed by atoms with Crippen LogP contribution in [0.3, 0.4) is 0 Å². The molecule has 2 aromatic heterocycles. The van der Waals surface area contributed by atoms with Crippen molar-refractivity contribution in [2.45, 2.75) is 6.42 Å². The standard InChI is InChI=1S/C9H11N5O/c1-13-6-7(4-10-13)9(15)3-8-5-11-14(2)12-8/h4-6H,3H2,1-2H3. The molecule has 0 unspecified atom stereocenters. The maximum Gasteiger partial charge on any atom is 0.172 e. The third-order valence-electron chi connectivity index (χ3n) is 2.02. The van der Waals surface area contributed by atoms with Crippen LogP contribution in [0.15, 0.2) is 18.6 Å². The second-order valence-corrected chi connectivity index (χ2v) is 3.33. The number of Topliss-reactive ketones (excluding diaryl/α,β-unsaturated/α-hetero) is 1. The summed E-state index contributed by atoms with van der Waals surface area (Å²) in [4.78, 5) is 13.1. The van der Waals surface area contributed by atoms with Crippen LogP contribution in [-0.2, 0) is 20.5 Å². The van der Waals surface area contributed by atoms with Crippen molar-refractivity contribution in [2.24, 2.45) is 14.1 Å². The molecule has 2 heterocycles. The van der Waals surface area contributed by atoms with E-state index in [1.165, 1.54) is 4.80 Å². The molecule has 0 atom stereocenters. The van der Waals surface area contributed by atoms with Gasteiger partial charge in [0, 0.05) is 20.3 Å². The molecular formula is C9H11N5O. The molecule has 15 heavy (non-hydrogen) atoms. The molecule has 2 aromatic rings. The van der Waals surface area contributed by atoms with E-state index in [2.05, 4.69) is 15.3 Å². The van der Waals surface area contributed by atoms with Crippen molar-refractivity contribution in [3.05, 3.63) is 29.8 Å². The number of hydrogen-bond acceptors (Lipinski definition) is 4. The summed E-state index contributed by atoms with van der Waals surface area (Å²) in [5.41, 5.74) is 1.27. The summed E-state index contributed by atoms with van der Waals surface area (Å²) in [5, 5.41) is 11.9. The second kappa shape index (κ2) is 3.64. The lowest BCUT2D eigenvalue weighted by molar-refractivity contribution is 0.0991. The van der Waals surface area contributed by atoms with Gasteiger partial charge in [-0.05, 0) is 0 Å². The summed E-state index contributed by atoms with van der Waals surface area (Å²) in [6.45, 7) is 0. The lowest BCUT2D eigenvalue weighted by Crippen LogP contribution is -2.03. The smallest absolute Gasteiger partial charge is 0.172 e. The van der Waals surface area contributed by atoms with E-state index in [1.54, 1.807) is 37.4 Å². The normalized spacial score (nSPS) is 10.5. The monoisotopic (exact) mass is 205 g/mol. The highest BCUT2D eigenvalue weighted by molar-refractivity contribution is 5.96. The lowest BCUT2D eigenvalue weighted by atomic mass is 10.1. The molecule has 6 nitrogen and oxygen atoms in total. The Balaban J connectivity index is 2.10. The van der Waals surface area contributed by atoms with E-state index >= 15 is 0 Å². The van der Waals surface area contributed by atoms with Crippen LogP contribution in [-0.4, -0.2) is 30.6 Å². The Morgan fingerprint density at radius 3 is 2.67 bits per heavy atom. The Kier molecular flexibility index (Phi) is 2.32. The first-order chi connectivity index (χ1) is 7.15. The molecule has 0 aliphatic rings.